The van der Waals surface area contributed by atoms with E-state index in [2.05, 4.69) is 5.32 Å². The van der Waals surface area contributed by atoms with Crippen LogP contribution in [0.1, 0.15) is 6.42 Å². The fraction of sp³-hybridized carbons (Fsp3) is 0.750. The first-order valence-corrected chi connectivity index (χ1v) is 5.10. The average molecular weight is 255 g/mol. The van der Waals surface area contributed by atoms with Crippen molar-refractivity contribution in [2.75, 3.05) is 13.7 Å². The summed E-state index contributed by atoms with van der Waals surface area (Å²) in [7, 11) is 1.41. The highest BCUT2D eigenvalue weighted by molar-refractivity contribution is 6.52. The number of carbonyl (C=O) groups is 2. The summed E-state index contributed by atoms with van der Waals surface area (Å²) >= 11 is 11.4. The standard InChI is InChI=1S/C8H12Cl2N2O3/c1-15-3-5(6(11)13)12-7(14)4-2-8(4,9)10/h4-5H,2-3H2,1H3,(H2,11,13)(H,12,14)/t4-,5+/m0/s1. The molecule has 5 nitrogen and oxygen atoms in total. The summed E-state index contributed by atoms with van der Waals surface area (Å²) in [6.07, 6.45) is 0.389. The van der Waals surface area contributed by atoms with Gasteiger partial charge in [-0.1, -0.05) is 0 Å². The lowest BCUT2D eigenvalue weighted by molar-refractivity contribution is -0.129. The van der Waals surface area contributed by atoms with Crippen molar-refractivity contribution in [1.29, 1.82) is 0 Å². The first-order chi connectivity index (χ1) is 6.88. The fourth-order valence-electron chi connectivity index (χ4n) is 1.13. The highest BCUT2D eigenvalue weighted by atomic mass is 35.5. The minimum Gasteiger partial charge on any atom is -0.382 e. The number of primary amides is 1. The Bertz CT molecular complexity index is 283. The lowest BCUT2D eigenvalue weighted by Gasteiger charge is -2.14. The van der Waals surface area contributed by atoms with Gasteiger partial charge in [0.1, 0.15) is 10.4 Å². The van der Waals surface area contributed by atoms with E-state index in [1.54, 1.807) is 0 Å². The van der Waals surface area contributed by atoms with Crippen LogP contribution in [-0.2, 0) is 14.3 Å². The van der Waals surface area contributed by atoms with Gasteiger partial charge < -0.3 is 15.8 Å². The Labute approximate surface area is 97.2 Å². The normalized spacial score (nSPS) is 24.3. The fourth-order valence-corrected chi connectivity index (χ4v) is 1.64. The molecule has 1 fully saturated rings. The van der Waals surface area contributed by atoms with Crippen molar-refractivity contribution in [2.45, 2.75) is 16.8 Å². The van der Waals surface area contributed by atoms with Crippen molar-refractivity contribution < 1.29 is 14.3 Å². The van der Waals surface area contributed by atoms with E-state index in [1.807, 2.05) is 0 Å². The van der Waals surface area contributed by atoms with Crippen LogP contribution in [0, 0.1) is 5.92 Å². The number of nitrogens with two attached hydrogens (primary N) is 1. The molecule has 0 bridgehead atoms. The first kappa shape index (κ1) is 12.5. The molecule has 86 valence electrons. The molecular weight excluding hydrogens is 243 g/mol. The van der Waals surface area contributed by atoms with Gasteiger partial charge in [0.05, 0.1) is 12.5 Å². The number of rotatable bonds is 5. The van der Waals surface area contributed by atoms with E-state index in [4.69, 9.17) is 33.7 Å². The molecular formula is C8H12Cl2N2O3. The molecule has 0 heterocycles. The van der Waals surface area contributed by atoms with Crippen LogP contribution in [0.2, 0.25) is 0 Å². The Balaban J connectivity index is 2.45. The average Bonchev–Trinajstić information content (AvgIpc) is 2.74. The minimum absolute atomic E-state index is 0.0331. The predicted octanol–water partition coefficient (Wildman–Crippen LogP) is -0.203. The summed E-state index contributed by atoms with van der Waals surface area (Å²) in [5.74, 6) is -1.50. The quantitative estimate of drug-likeness (QED) is 0.667. The summed E-state index contributed by atoms with van der Waals surface area (Å²) in [6, 6.07) is -0.841. The zero-order chi connectivity index (χ0) is 11.6. The number of ether oxygens (including phenoxy) is 1. The Morgan fingerprint density at radius 3 is 2.53 bits per heavy atom. The second-order valence-corrected chi connectivity index (χ2v) is 4.98. The van der Waals surface area contributed by atoms with Crippen LogP contribution in [0.3, 0.4) is 0 Å². The zero-order valence-corrected chi connectivity index (χ0v) is 9.64. The van der Waals surface area contributed by atoms with Crippen molar-refractivity contribution >= 4 is 35.0 Å². The summed E-state index contributed by atoms with van der Waals surface area (Å²) in [6.45, 7) is 0.0331. The van der Waals surface area contributed by atoms with Gasteiger partial charge in [-0.25, -0.2) is 0 Å². The second-order valence-electron chi connectivity index (χ2n) is 3.44. The third-order valence-corrected chi connectivity index (χ3v) is 2.97. The summed E-state index contributed by atoms with van der Waals surface area (Å²) in [5.41, 5.74) is 5.06. The van der Waals surface area contributed by atoms with Crippen molar-refractivity contribution in [2.24, 2.45) is 11.7 Å². The van der Waals surface area contributed by atoms with Crippen LogP contribution < -0.4 is 11.1 Å². The van der Waals surface area contributed by atoms with Gasteiger partial charge in [-0.05, 0) is 6.42 Å². The van der Waals surface area contributed by atoms with Crippen LogP contribution in [0.4, 0.5) is 0 Å². The van der Waals surface area contributed by atoms with Gasteiger partial charge >= 0.3 is 0 Å². The Morgan fingerprint density at radius 2 is 2.20 bits per heavy atom. The predicted molar refractivity (Wildman–Crippen MR) is 55.5 cm³/mol. The van der Waals surface area contributed by atoms with Gasteiger partial charge in [-0.2, -0.15) is 0 Å². The van der Waals surface area contributed by atoms with Gasteiger partial charge in [0.25, 0.3) is 0 Å². The van der Waals surface area contributed by atoms with E-state index in [1.165, 1.54) is 7.11 Å². The Kier molecular flexibility index (Phi) is 3.81. The Morgan fingerprint density at radius 1 is 1.67 bits per heavy atom. The van der Waals surface area contributed by atoms with Crippen LogP contribution in [0.25, 0.3) is 0 Å². The molecule has 2 atom stereocenters. The molecule has 0 spiro atoms. The zero-order valence-electron chi connectivity index (χ0n) is 8.13. The molecule has 0 aromatic heterocycles. The second kappa shape index (κ2) is 4.55. The minimum atomic E-state index is -1.00. The van der Waals surface area contributed by atoms with Gasteiger partial charge in [-0.15, -0.1) is 23.2 Å². The number of halogens is 2. The number of amides is 2. The monoisotopic (exact) mass is 254 g/mol. The number of alkyl halides is 2. The van der Waals surface area contributed by atoms with E-state index in [-0.39, 0.29) is 12.5 Å². The molecule has 0 saturated heterocycles. The number of hydrogen-bond acceptors (Lipinski definition) is 3. The van der Waals surface area contributed by atoms with Crippen molar-refractivity contribution in [1.82, 2.24) is 5.32 Å². The maximum absolute atomic E-state index is 11.5. The van der Waals surface area contributed by atoms with Crippen LogP contribution in [-0.4, -0.2) is 35.9 Å². The summed E-state index contributed by atoms with van der Waals surface area (Å²) in [4.78, 5) is 22.4. The number of methoxy groups -OCH3 is 1. The molecule has 1 saturated carbocycles. The van der Waals surface area contributed by atoms with Crippen molar-refractivity contribution in [3.63, 3.8) is 0 Å². The van der Waals surface area contributed by atoms with Gasteiger partial charge in [-0.3, -0.25) is 9.59 Å². The maximum Gasteiger partial charge on any atom is 0.242 e. The van der Waals surface area contributed by atoms with Gasteiger partial charge in [0, 0.05) is 7.11 Å². The molecule has 1 aliphatic carbocycles. The number of hydrogen-bond donors (Lipinski definition) is 2. The SMILES string of the molecule is COC[C@@H](NC(=O)[C@@H]1CC1(Cl)Cl)C(N)=O. The molecule has 3 N–H and O–H groups in total. The Hall–Kier alpha value is -0.520. The van der Waals surface area contributed by atoms with Gasteiger partial charge in [0.2, 0.25) is 11.8 Å². The highest BCUT2D eigenvalue weighted by Gasteiger charge is 2.56. The lowest BCUT2D eigenvalue weighted by atomic mass is 10.2. The van der Waals surface area contributed by atoms with E-state index < -0.39 is 22.2 Å². The highest BCUT2D eigenvalue weighted by Crippen LogP contribution is 2.53. The molecule has 15 heavy (non-hydrogen) atoms. The van der Waals surface area contributed by atoms with Crippen LogP contribution in [0.5, 0.6) is 0 Å². The van der Waals surface area contributed by atoms with E-state index in [0.29, 0.717) is 6.42 Å². The van der Waals surface area contributed by atoms with E-state index in [0.717, 1.165) is 0 Å². The summed E-state index contributed by atoms with van der Waals surface area (Å²) < 4.78 is 3.74. The molecule has 2 amide bonds. The van der Waals surface area contributed by atoms with Gasteiger partial charge in [0.15, 0.2) is 0 Å². The molecule has 0 aromatic carbocycles. The van der Waals surface area contributed by atoms with E-state index >= 15 is 0 Å². The van der Waals surface area contributed by atoms with Crippen LogP contribution >= 0.6 is 23.2 Å². The largest absolute Gasteiger partial charge is 0.382 e. The smallest absolute Gasteiger partial charge is 0.242 e. The molecule has 0 aromatic rings. The topological polar surface area (TPSA) is 81.4 Å². The van der Waals surface area contributed by atoms with Crippen LogP contribution in [0.15, 0.2) is 0 Å². The maximum atomic E-state index is 11.5. The van der Waals surface area contributed by atoms with Crippen molar-refractivity contribution in [3.05, 3.63) is 0 Å². The molecule has 0 radical (unpaired) electrons. The first-order valence-electron chi connectivity index (χ1n) is 4.35. The third kappa shape index (κ3) is 3.22. The molecule has 7 heteroatoms. The lowest BCUT2D eigenvalue weighted by Crippen LogP contribution is -2.48. The van der Waals surface area contributed by atoms with E-state index in [9.17, 15) is 9.59 Å². The molecule has 1 aliphatic rings. The molecule has 0 aliphatic heterocycles. The number of nitrogens with one attached hydrogen (secondary N) is 1. The summed E-state index contributed by atoms with van der Waals surface area (Å²) in [5, 5.41) is 2.43. The molecule has 0 unspecified atom stereocenters. The third-order valence-electron chi connectivity index (χ3n) is 2.14. The van der Waals surface area contributed by atoms with Crippen molar-refractivity contribution in [3.8, 4) is 0 Å². The molecule has 1 rings (SSSR count). The number of carbonyl (C=O) groups excluding carboxylic acids is 2.